The van der Waals surface area contributed by atoms with Gasteiger partial charge in [-0.05, 0) is 37.9 Å². The summed E-state index contributed by atoms with van der Waals surface area (Å²) in [7, 11) is 0. The monoisotopic (exact) mass is 295 g/mol. The number of unbranched alkanes of at least 4 members (excludes halogenated alkanes) is 1. The topological polar surface area (TPSA) is 69.0 Å². The van der Waals surface area contributed by atoms with Gasteiger partial charge in [-0.2, -0.15) is 11.8 Å². The summed E-state index contributed by atoms with van der Waals surface area (Å²) in [5.41, 5.74) is 1.24. The lowest BCUT2D eigenvalue weighted by atomic mass is 10.1. The molecular formula is C14H21N3O2S. The summed E-state index contributed by atoms with van der Waals surface area (Å²) in [5.74, 6) is 2.55. The van der Waals surface area contributed by atoms with Crippen LogP contribution in [0.25, 0.3) is 0 Å². The van der Waals surface area contributed by atoms with Crippen LogP contribution in [-0.2, 0) is 6.42 Å². The zero-order chi connectivity index (χ0) is 14.2. The molecule has 0 amide bonds. The standard InChI is InChI=1S/C14H21N3O2S/c18-14-5-4-12(16-13(14)11-15-19)3-1-2-6-17-7-9-20-10-8-17/h4-5,11,18-19H,1-3,6-10H2/b15-11+. The van der Waals surface area contributed by atoms with Gasteiger partial charge in [-0.15, -0.1) is 0 Å². The minimum Gasteiger partial charge on any atom is -0.506 e. The van der Waals surface area contributed by atoms with E-state index in [-0.39, 0.29) is 5.75 Å². The molecule has 1 aliphatic rings. The van der Waals surface area contributed by atoms with Gasteiger partial charge >= 0.3 is 0 Å². The molecule has 5 nitrogen and oxygen atoms in total. The zero-order valence-corrected chi connectivity index (χ0v) is 12.3. The van der Waals surface area contributed by atoms with Gasteiger partial charge < -0.3 is 15.2 Å². The van der Waals surface area contributed by atoms with E-state index in [0.29, 0.717) is 5.69 Å². The molecule has 20 heavy (non-hydrogen) atoms. The molecule has 2 heterocycles. The second-order valence-corrected chi connectivity index (χ2v) is 6.09. The van der Waals surface area contributed by atoms with Crippen LogP contribution in [0.1, 0.15) is 24.2 Å². The minimum atomic E-state index is 0.0392. The first kappa shape index (κ1) is 15.1. The highest BCUT2D eigenvalue weighted by Gasteiger charge is 2.09. The largest absolute Gasteiger partial charge is 0.506 e. The number of pyridine rings is 1. The molecule has 110 valence electrons. The fraction of sp³-hybridized carbons (Fsp3) is 0.571. The third kappa shape index (κ3) is 4.68. The van der Waals surface area contributed by atoms with Gasteiger partial charge in [0.25, 0.3) is 0 Å². The summed E-state index contributed by atoms with van der Waals surface area (Å²) in [6.45, 7) is 3.57. The van der Waals surface area contributed by atoms with Crippen LogP contribution in [0.5, 0.6) is 5.75 Å². The highest BCUT2D eigenvalue weighted by Crippen LogP contribution is 2.15. The van der Waals surface area contributed by atoms with Gasteiger partial charge in [-0.25, -0.2) is 4.98 Å². The third-order valence-corrected chi connectivity index (χ3v) is 4.34. The number of aromatic nitrogens is 1. The maximum atomic E-state index is 9.53. The SMILES string of the molecule is O/N=C/c1nc(CCCCN2CCSCC2)ccc1O. The van der Waals surface area contributed by atoms with Crippen molar-refractivity contribution in [3.63, 3.8) is 0 Å². The molecule has 6 heteroatoms. The van der Waals surface area contributed by atoms with Gasteiger partial charge in [0.15, 0.2) is 0 Å². The van der Waals surface area contributed by atoms with Gasteiger partial charge in [0.1, 0.15) is 11.4 Å². The number of rotatable bonds is 6. The molecule has 0 saturated carbocycles. The van der Waals surface area contributed by atoms with E-state index < -0.39 is 0 Å². The smallest absolute Gasteiger partial charge is 0.142 e. The molecule has 1 saturated heterocycles. The number of hydrogen-bond donors (Lipinski definition) is 2. The first-order valence-electron chi connectivity index (χ1n) is 6.96. The lowest BCUT2D eigenvalue weighted by Gasteiger charge is -2.25. The van der Waals surface area contributed by atoms with Crippen LogP contribution in [-0.4, -0.2) is 57.6 Å². The van der Waals surface area contributed by atoms with Gasteiger partial charge in [0.2, 0.25) is 0 Å². The molecular weight excluding hydrogens is 274 g/mol. The van der Waals surface area contributed by atoms with Crippen LogP contribution in [0.4, 0.5) is 0 Å². The summed E-state index contributed by atoms with van der Waals surface area (Å²) in [5, 5.41) is 20.9. The van der Waals surface area contributed by atoms with Crippen molar-refractivity contribution in [2.24, 2.45) is 5.16 Å². The molecule has 0 atom stereocenters. The van der Waals surface area contributed by atoms with Gasteiger partial charge in [-0.1, -0.05) is 5.16 Å². The van der Waals surface area contributed by atoms with E-state index in [1.165, 1.54) is 24.6 Å². The maximum Gasteiger partial charge on any atom is 0.142 e. The highest BCUT2D eigenvalue weighted by molar-refractivity contribution is 7.99. The molecule has 0 aromatic carbocycles. The van der Waals surface area contributed by atoms with E-state index in [4.69, 9.17) is 5.21 Å². The minimum absolute atomic E-state index is 0.0392. The van der Waals surface area contributed by atoms with Crippen molar-refractivity contribution < 1.29 is 10.3 Å². The lowest BCUT2D eigenvalue weighted by molar-refractivity contribution is 0.295. The Bertz CT molecular complexity index is 448. The molecule has 1 aromatic heterocycles. The van der Waals surface area contributed by atoms with E-state index in [0.717, 1.165) is 37.7 Å². The summed E-state index contributed by atoms with van der Waals surface area (Å²) in [6.07, 6.45) is 4.28. The van der Waals surface area contributed by atoms with Crippen molar-refractivity contribution in [1.82, 2.24) is 9.88 Å². The van der Waals surface area contributed by atoms with E-state index >= 15 is 0 Å². The first-order chi connectivity index (χ1) is 9.79. The Morgan fingerprint density at radius 3 is 2.85 bits per heavy atom. The molecule has 2 N–H and O–H groups in total. The van der Waals surface area contributed by atoms with Crippen LogP contribution in [0.3, 0.4) is 0 Å². The predicted octanol–water partition coefficient (Wildman–Crippen LogP) is 1.97. The Labute approximate surface area is 123 Å². The predicted molar refractivity (Wildman–Crippen MR) is 82.0 cm³/mol. The van der Waals surface area contributed by atoms with Crippen molar-refractivity contribution in [3.8, 4) is 5.75 Å². The number of oxime groups is 1. The average Bonchev–Trinajstić information content (AvgIpc) is 2.48. The number of nitrogens with zero attached hydrogens (tertiary/aromatic N) is 3. The number of aryl methyl sites for hydroxylation is 1. The highest BCUT2D eigenvalue weighted by atomic mass is 32.2. The zero-order valence-electron chi connectivity index (χ0n) is 11.5. The molecule has 0 spiro atoms. The summed E-state index contributed by atoms with van der Waals surface area (Å²) in [6, 6.07) is 3.42. The van der Waals surface area contributed by atoms with Crippen molar-refractivity contribution in [2.45, 2.75) is 19.3 Å². The molecule has 1 fully saturated rings. The van der Waals surface area contributed by atoms with Crippen LogP contribution < -0.4 is 0 Å². The maximum absolute atomic E-state index is 9.53. The lowest BCUT2D eigenvalue weighted by Crippen LogP contribution is -2.33. The van der Waals surface area contributed by atoms with Crippen LogP contribution >= 0.6 is 11.8 Å². The quantitative estimate of drug-likeness (QED) is 0.363. The van der Waals surface area contributed by atoms with Gasteiger partial charge in [0, 0.05) is 30.3 Å². The number of aromatic hydroxyl groups is 1. The Kier molecular flexibility index (Phi) is 6.14. The van der Waals surface area contributed by atoms with Crippen LogP contribution in [0.2, 0.25) is 0 Å². The normalized spacial score (nSPS) is 16.8. The van der Waals surface area contributed by atoms with E-state index in [9.17, 15) is 5.11 Å². The fourth-order valence-electron chi connectivity index (χ4n) is 2.26. The van der Waals surface area contributed by atoms with Crippen molar-refractivity contribution in [3.05, 3.63) is 23.5 Å². The Morgan fingerprint density at radius 2 is 2.10 bits per heavy atom. The second kappa shape index (κ2) is 8.11. The molecule has 0 radical (unpaired) electrons. The summed E-state index contributed by atoms with van der Waals surface area (Å²) < 4.78 is 0. The summed E-state index contributed by atoms with van der Waals surface area (Å²) >= 11 is 2.03. The van der Waals surface area contributed by atoms with Crippen molar-refractivity contribution in [1.29, 1.82) is 0 Å². The molecule has 2 rings (SSSR count). The van der Waals surface area contributed by atoms with Gasteiger partial charge in [-0.3, -0.25) is 0 Å². The number of thioether (sulfide) groups is 1. The second-order valence-electron chi connectivity index (χ2n) is 4.86. The first-order valence-corrected chi connectivity index (χ1v) is 8.11. The Balaban J connectivity index is 1.74. The van der Waals surface area contributed by atoms with Gasteiger partial charge in [0.05, 0.1) is 6.21 Å². The summed E-state index contributed by atoms with van der Waals surface area (Å²) in [4.78, 5) is 6.79. The molecule has 1 aromatic rings. The van der Waals surface area contributed by atoms with E-state index in [1.807, 2.05) is 17.8 Å². The molecule has 0 aliphatic carbocycles. The average molecular weight is 295 g/mol. The number of hydrogen-bond acceptors (Lipinski definition) is 6. The third-order valence-electron chi connectivity index (χ3n) is 3.40. The van der Waals surface area contributed by atoms with Crippen LogP contribution in [0.15, 0.2) is 17.3 Å². The molecule has 1 aliphatic heterocycles. The Hall–Kier alpha value is -1.27. The molecule has 0 unspecified atom stereocenters. The van der Waals surface area contributed by atoms with E-state index in [2.05, 4.69) is 15.0 Å². The van der Waals surface area contributed by atoms with Crippen molar-refractivity contribution in [2.75, 3.05) is 31.1 Å². The fourth-order valence-corrected chi connectivity index (χ4v) is 3.24. The van der Waals surface area contributed by atoms with Crippen LogP contribution in [0, 0.1) is 0 Å². The van der Waals surface area contributed by atoms with Crippen molar-refractivity contribution >= 4 is 18.0 Å². The van der Waals surface area contributed by atoms with E-state index in [1.54, 1.807) is 6.07 Å². The Morgan fingerprint density at radius 1 is 1.30 bits per heavy atom. The molecule has 0 bridgehead atoms.